The van der Waals surface area contributed by atoms with Gasteiger partial charge >= 0.3 is 12.0 Å². The summed E-state index contributed by atoms with van der Waals surface area (Å²) in [6, 6.07) is -0.236. The van der Waals surface area contributed by atoms with Crippen molar-refractivity contribution in [2.75, 3.05) is 31.6 Å². The molecule has 0 saturated carbocycles. The molecule has 1 aliphatic carbocycles. The molecule has 0 aromatic carbocycles. The highest BCUT2D eigenvalue weighted by Gasteiger charge is 2.38. The zero-order valence-corrected chi connectivity index (χ0v) is 16.5. The van der Waals surface area contributed by atoms with Gasteiger partial charge in [-0.1, -0.05) is 6.92 Å². The Morgan fingerprint density at radius 1 is 1.30 bits per heavy atom. The summed E-state index contributed by atoms with van der Waals surface area (Å²) in [4.78, 5) is 31.5. The van der Waals surface area contributed by atoms with E-state index < -0.39 is 11.9 Å². The Balaban J connectivity index is 1.42. The number of hydrogen-bond acceptors (Lipinski definition) is 5. The largest absolute Gasteiger partial charge is 0.481 e. The molecule has 0 radical (unpaired) electrons. The van der Waals surface area contributed by atoms with Gasteiger partial charge in [0.25, 0.3) is 0 Å². The van der Waals surface area contributed by atoms with Crippen LogP contribution in [0.4, 0.5) is 9.93 Å². The number of carboxylic acids is 1. The Morgan fingerprint density at radius 2 is 2.07 bits per heavy atom. The standard InChI is InChI=1S/C19H27N3O4S/c1-12-8-13(16(23)24)11-22(10-12)18(25)21-17-20-14-2-3-19(9-15(14)27-17)4-6-26-7-5-19/h12-13H,2-11H2,1H3,(H,23,24)(H,20,21,25). The van der Waals surface area contributed by atoms with Gasteiger partial charge in [0, 0.05) is 31.2 Å². The van der Waals surface area contributed by atoms with Gasteiger partial charge < -0.3 is 14.7 Å². The van der Waals surface area contributed by atoms with Gasteiger partial charge in [-0.15, -0.1) is 11.3 Å². The molecule has 2 unspecified atom stereocenters. The molecule has 2 fully saturated rings. The summed E-state index contributed by atoms with van der Waals surface area (Å²) in [7, 11) is 0. The van der Waals surface area contributed by atoms with E-state index in [-0.39, 0.29) is 18.5 Å². The van der Waals surface area contributed by atoms with Gasteiger partial charge in [-0.25, -0.2) is 9.78 Å². The number of fused-ring (bicyclic) bond motifs is 1. The van der Waals surface area contributed by atoms with Crippen LogP contribution < -0.4 is 5.32 Å². The van der Waals surface area contributed by atoms with E-state index in [4.69, 9.17) is 4.74 Å². The minimum atomic E-state index is -0.828. The van der Waals surface area contributed by atoms with Crippen molar-refractivity contribution in [3.05, 3.63) is 10.6 Å². The fraction of sp³-hybridized carbons (Fsp3) is 0.737. The van der Waals surface area contributed by atoms with E-state index >= 15 is 0 Å². The number of anilines is 1. The van der Waals surface area contributed by atoms with Crippen molar-refractivity contribution in [3.63, 3.8) is 0 Å². The van der Waals surface area contributed by atoms with E-state index in [9.17, 15) is 14.7 Å². The first-order chi connectivity index (χ1) is 12.9. The van der Waals surface area contributed by atoms with E-state index in [1.165, 1.54) is 4.88 Å². The SMILES string of the molecule is CC1CC(C(=O)O)CN(C(=O)Nc2nc3c(s2)CC2(CCOCC2)CC3)C1. The van der Waals surface area contributed by atoms with Gasteiger partial charge in [0.2, 0.25) is 0 Å². The number of rotatable bonds is 2. The molecule has 148 valence electrons. The monoisotopic (exact) mass is 393 g/mol. The van der Waals surface area contributed by atoms with Crippen molar-refractivity contribution in [2.45, 2.75) is 45.4 Å². The fourth-order valence-electron chi connectivity index (χ4n) is 4.68. The molecule has 2 amide bonds. The van der Waals surface area contributed by atoms with Crippen LogP contribution in [0.3, 0.4) is 0 Å². The number of likely N-dealkylation sites (tertiary alicyclic amines) is 1. The highest BCUT2D eigenvalue weighted by atomic mass is 32.1. The summed E-state index contributed by atoms with van der Waals surface area (Å²) in [5.41, 5.74) is 1.46. The number of carbonyl (C=O) groups is 2. The topological polar surface area (TPSA) is 91.8 Å². The summed E-state index contributed by atoms with van der Waals surface area (Å²) in [5, 5.41) is 12.9. The van der Waals surface area contributed by atoms with E-state index in [0.29, 0.717) is 23.5 Å². The van der Waals surface area contributed by atoms with Gasteiger partial charge in [-0.05, 0) is 49.9 Å². The fourth-order valence-corrected chi connectivity index (χ4v) is 5.85. The number of carboxylic acid groups (broad SMARTS) is 1. The van der Waals surface area contributed by atoms with Gasteiger partial charge in [0.05, 0.1) is 11.6 Å². The number of nitrogens with one attached hydrogen (secondary N) is 1. The lowest BCUT2D eigenvalue weighted by molar-refractivity contribution is -0.143. The predicted octanol–water partition coefficient (Wildman–Crippen LogP) is 3.00. The number of carbonyl (C=O) groups excluding carboxylic acids is 1. The third-order valence-electron chi connectivity index (χ3n) is 6.27. The highest BCUT2D eigenvalue weighted by Crippen LogP contribution is 2.45. The number of ether oxygens (including phenoxy) is 1. The van der Waals surface area contributed by atoms with Crippen LogP contribution in [0.25, 0.3) is 0 Å². The molecular formula is C19H27N3O4S. The zero-order valence-electron chi connectivity index (χ0n) is 15.7. The van der Waals surface area contributed by atoms with Crippen molar-refractivity contribution >= 4 is 28.5 Å². The second-order valence-electron chi connectivity index (χ2n) is 8.39. The Labute approximate surface area is 163 Å². The number of urea groups is 1. The van der Waals surface area contributed by atoms with Crippen LogP contribution in [-0.4, -0.2) is 53.3 Å². The van der Waals surface area contributed by atoms with Gasteiger partial charge in [0.1, 0.15) is 0 Å². The lowest BCUT2D eigenvalue weighted by Gasteiger charge is -2.39. The maximum Gasteiger partial charge on any atom is 0.323 e. The maximum atomic E-state index is 12.7. The Hall–Kier alpha value is -1.67. The van der Waals surface area contributed by atoms with Crippen LogP contribution in [0, 0.1) is 17.3 Å². The molecule has 2 atom stereocenters. The van der Waals surface area contributed by atoms with Crippen molar-refractivity contribution in [2.24, 2.45) is 17.3 Å². The van der Waals surface area contributed by atoms with Crippen LogP contribution in [0.15, 0.2) is 0 Å². The summed E-state index contributed by atoms with van der Waals surface area (Å²) < 4.78 is 5.53. The molecule has 2 saturated heterocycles. The number of piperidine rings is 1. The first-order valence-electron chi connectivity index (χ1n) is 9.79. The molecule has 4 rings (SSSR count). The van der Waals surface area contributed by atoms with Crippen LogP contribution in [0.2, 0.25) is 0 Å². The predicted molar refractivity (Wildman–Crippen MR) is 102 cm³/mol. The van der Waals surface area contributed by atoms with Gasteiger partial charge in [-0.2, -0.15) is 0 Å². The van der Waals surface area contributed by atoms with E-state index in [1.807, 2.05) is 6.92 Å². The number of aliphatic carboxylic acids is 1. The molecule has 7 nitrogen and oxygen atoms in total. The van der Waals surface area contributed by atoms with E-state index in [1.54, 1.807) is 16.2 Å². The number of amides is 2. The normalized spacial score (nSPS) is 27.2. The number of aromatic nitrogens is 1. The number of hydrogen-bond donors (Lipinski definition) is 2. The van der Waals surface area contributed by atoms with Crippen LogP contribution in [0.5, 0.6) is 0 Å². The Kier molecular flexibility index (Phi) is 5.11. The summed E-state index contributed by atoms with van der Waals surface area (Å²) in [5.74, 6) is -1.13. The average molecular weight is 394 g/mol. The van der Waals surface area contributed by atoms with E-state index in [0.717, 1.165) is 51.0 Å². The van der Waals surface area contributed by atoms with Gasteiger partial charge in [-0.3, -0.25) is 10.1 Å². The molecular weight excluding hydrogens is 366 g/mol. The quantitative estimate of drug-likeness (QED) is 0.806. The smallest absolute Gasteiger partial charge is 0.323 e. The molecule has 3 aliphatic rings. The highest BCUT2D eigenvalue weighted by molar-refractivity contribution is 7.15. The molecule has 8 heteroatoms. The minimum Gasteiger partial charge on any atom is -0.481 e. The molecule has 27 heavy (non-hydrogen) atoms. The van der Waals surface area contributed by atoms with Crippen molar-refractivity contribution in [1.82, 2.24) is 9.88 Å². The Morgan fingerprint density at radius 3 is 2.81 bits per heavy atom. The number of nitrogens with zero attached hydrogens (tertiary/aromatic N) is 2. The third kappa shape index (κ3) is 3.96. The third-order valence-corrected chi connectivity index (χ3v) is 7.28. The zero-order chi connectivity index (χ0) is 19.0. The minimum absolute atomic E-state index is 0.184. The molecule has 3 heterocycles. The van der Waals surface area contributed by atoms with Crippen LogP contribution in [0.1, 0.15) is 43.2 Å². The summed E-state index contributed by atoms with van der Waals surface area (Å²) in [6.45, 7) is 4.53. The van der Waals surface area contributed by atoms with Crippen LogP contribution >= 0.6 is 11.3 Å². The molecule has 2 aliphatic heterocycles. The number of thiazole rings is 1. The second kappa shape index (κ2) is 7.39. The maximum absolute atomic E-state index is 12.7. The van der Waals surface area contributed by atoms with Crippen molar-refractivity contribution < 1.29 is 19.4 Å². The summed E-state index contributed by atoms with van der Waals surface area (Å²) in [6.07, 6.45) is 5.97. The van der Waals surface area contributed by atoms with Crippen LogP contribution in [-0.2, 0) is 22.4 Å². The lowest BCUT2D eigenvalue weighted by Crippen LogP contribution is -2.47. The average Bonchev–Trinajstić information content (AvgIpc) is 3.02. The molecule has 1 spiro atoms. The Bertz CT molecular complexity index is 729. The van der Waals surface area contributed by atoms with Crippen molar-refractivity contribution in [1.29, 1.82) is 0 Å². The van der Waals surface area contributed by atoms with Crippen molar-refractivity contribution in [3.8, 4) is 0 Å². The molecule has 2 N–H and O–H groups in total. The number of aryl methyl sites for hydroxylation is 1. The first-order valence-corrected chi connectivity index (χ1v) is 10.6. The van der Waals surface area contributed by atoms with Gasteiger partial charge in [0.15, 0.2) is 5.13 Å². The second-order valence-corrected chi connectivity index (χ2v) is 9.47. The van der Waals surface area contributed by atoms with E-state index in [2.05, 4.69) is 10.3 Å². The molecule has 1 aromatic rings. The summed E-state index contributed by atoms with van der Waals surface area (Å²) >= 11 is 1.58. The molecule has 1 aromatic heterocycles. The first kappa shape index (κ1) is 18.7. The lowest BCUT2D eigenvalue weighted by atomic mass is 9.70. The molecule has 0 bridgehead atoms.